The second-order valence-corrected chi connectivity index (χ2v) is 6.96. The number of aryl methyl sites for hydroxylation is 1. The third kappa shape index (κ3) is 6.70. The maximum absolute atomic E-state index is 8.29. The molecule has 0 aliphatic heterocycles. The molecule has 0 saturated carbocycles. The molecule has 2 aromatic carbocycles. The van der Waals surface area contributed by atoms with Crippen LogP contribution in [0, 0.1) is 6.92 Å². The molecule has 3 N–H and O–H groups in total. The molecular weight excluding hydrogens is 470 g/mol. The first kappa shape index (κ1) is 25.7. The molecule has 1 heterocycles. The van der Waals surface area contributed by atoms with E-state index in [1.165, 1.54) is 6.20 Å². The summed E-state index contributed by atoms with van der Waals surface area (Å²) < 4.78 is 32.7. The third-order valence-electron chi connectivity index (χ3n) is 4.36. The highest BCUT2D eigenvalue weighted by Crippen LogP contribution is 2.40. The minimum atomic E-state index is -0.750. The summed E-state index contributed by atoms with van der Waals surface area (Å²) in [6, 6.07) is 9.54. The van der Waals surface area contributed by atoms with E-state index in [2.05, 4.69) is 25.9 Å². The Labute approximate surface area is 200 Å². The summed E-state index contributed by atoms with van der Waals surface area (Å²) in [6.45, 7) is 2.03. The van der Waals surface area contributed by atoms with Crippen molar-refractivity contribution in [1.29, 1.82) is 0 Å². The Morgan fingerprint density at radius 2 is 1.58 bits per heavy atom. The van der Waals surface area contributed by atoms with Crippen molar-refractivity contribution in [2.75, 3.05) is 44.3 Å². The molecule has 3 rings (SSSR count). The van der Waals surface area contributed by atoms with Gasteiger partial charge in [-0.3, -0.25) is 0 Å². The Morgan fingerprint density at radius 1 is 0.939 bits per heavy atom. The molecule has 0 unspecified atom stereocenters. The zero-order valence-electron chi connectivity index (χ0n) is 18.7. The van der Waals surface area contributed by atoms with E-state index in [4.69, 9.17) is 34.2 Å². The summed E-state index contributed by atoms with van der Waals surface area (Å²) in [4.78, 5) is 8.77. The predicted molar refractivity (Wildman–Crippen MR) is 129 cm³/mol. The van der Waals surface area contributed by atoms with Gasteiger partial charge in [-0.15, -0.1) is 0 Å². The molecular formula is C21H24ClN5O5S. The fourth-order valence-electron chi connectivity index (χ4n) is 2.90. The summed E-state index contributed by atoms with van der Waals surface area (Å²) in [6.07, 6.45) is 1.53. The number of aromatic nitrogens is 2. The number of anilines is 5. The summed E-state index contributed by atoms with van der Waals surface area (Å²) in [5.74, 6) is 2.37. The largest absolute Gasteiger partial charge is 0.493 e. The number of rotatable bonds is 8. The summed E-state index contributed by atoms with van der Waals surface area (Å²) in [5, 5.41) is 9.96. The van der Waals surface area contributed by atoms with Crippen molar-refractivity contribution in [3.8, 4) is 17.2 Å². The first-order valence-electron chi connectivity index (χ1n) is 9.47. The molecule has 0 radical (unpaired) electrons. The number of methoxy groups -OCH3 is 3. The highest BCUT2D eigenvalue weighted by atomic mass is 35.5. The molecule has 3 aromatic rings. The quantitative estimate of drug-likeness (QED) is 0.417. The lowest BCUT2D eigenvalue weighted by atomic mass is 10.2. The lowest BCUT2D eigenvalue weighted by Crippen LogP contribution is -2.04. The number of nitrogens with zero attached hydrogens (tertiary/aromatic N) is 2. The zero-order chi connectivity index (χ0) is 24.4. The van der Waals surface area contributed by atoms with Gasteiger partial charge in [0, 0.05) is 24.9 Å². The Kier molecular flexibility index (Phi) is 9.70. The van der Waals surface area contributed by atoms with Crippen LogP contribution in [0.25, 0.3) is 0 Å². The second kappa shape index (κ2) is 12.5. The van der Waals surface area contributed by atoms with Crippen LogP contribution in [0.2, 0.25) is 5.02 Å². The Hall–Kier alpha value is -3.57. The highest BCUT2D eigenvalue weighted by molar-refractivity contribution is 7.51. The third-order valence-corrected chi connectivity index (χ3v) is 4.64. The first-order valence-corrected chi connectivity index (χ1v) is 10.5. The molecule has 0 spiro atoms. The van der Waals surface area contributed by atoms with Gasteiger partial charge in [0.05, 0.1) is 38.9 Å². The highest BCUT2D eigenvalue weighted by Gasteiger charge is 2.15. The van der Waals surface area contributed by atoms with Crippen molar-refractivity contribution in [2.45, 2.75) is 6.92 Å². The number of hydrogen-bond acceptors (Lipinski definition) is 10. The van der Waals surface area contributed by atoms with Crippen molar-refractivity contribution in [3.05, 3.63) is 47.1 Å². The Balaban J connectivity index is 0.00000122. The smallest absolute Gasteiger partial charge is 0.335 e. The van der Waals surface area contributed by atoms with E-state index in [0.29, 0.717) is 39.7 Å². The van der Waals surface area contributed by atoms with Gasteiger partial charge in [0.1, 0.15) is 5.02 Å². The van der Waals surface area contributed by atoms with Crippen molar-refractivity contribution < 1.29 is 22.6 Å². The number of nitrogens with one attached hydrogen (secondary N) is 3. The predicted octanol–water partition coefficient (Wildman–Crippen LogP) is 4.32. The van der Waals surface area contributed by atoms with Crippen LogP contribution in [-0.2, 0) is 11.6 Å². The van der Waals surface area contributed by atoms with E-state index < -0.39 is 11.6 Å². The lowest BCUT2D eigenvalue weighted by molar-refractivity contribution is 0.324. The van der Waals surface area contributed by atoms with Gasteiger partial charge in [-0.2, -0.15) is 13.4 Å². The minimum absolute atomic E-state index is 0.356. The van der Waals surface area contributed by atoms with E-state index in [1.807, 2.05) is 32.2 Å². The van der Waals surface area contributed by atoms with Crippen molar-refractivity contribution >= 4 is 52.0 Å². The average Bonchev–Trinajstić information content (AvgIpc) is 2.82. The van der Waals surface area contributed by atoms with Crippen molar-refractivity contribution in [3.63, 3.8) is 0 Å². The maximum Gasteiger partial charge on any atom is 0.335 e. The molecule has 0 bridgehead atoms. The van der Waals surface area contributed by atoms with Gasteiger partial charge in [-0.1, -0.05) is 17.7 Å². The molecule has 0 aliphatic carbocycles. The molecule has 0 saturated heterocycles. The van der Waals surface area contributed by atoms with E-state index in [0.717, 1.165) is 16.9 Å². The molecule has 12 heteroatoms. The van der Waals surface area contributed by atoms with Gasteiger partial charge in [-0.05, 0) is 24.6 Å². The number of halogens is 1. The number of ether oxygens (including phenoxy) is 3. The van der Waals surface area contributed by atoms with Crippen LogP contribution < -0.4 is 30.2 Å². The molecule has 176 valence electrons. The fraction of sp³-hybridized carbons (Fsp3) is 0.238. The van der Waals surface area contributed by atoms with Gasteiger partial charge >= 0.3 is 11.6 Å². The van der Waals surface area contributed by atoms with Crippen LogP contribution >= 0.6 is 11.6 Å². The van der Waals surface area contributed by atoms with Crippen LogP contribution in [0.5, 0.6) is 17.2 Å². The van der Waals surface area contributed by atoms with E-state index >= 15 is 0 Å². The van der Waals surface area contributed by atoms with Gasteiger partial charge in [0.25, 0.3) is 0 Å². The summed E-state index contributed by atoms with van der Waals surface area (Å²) >= 11 is 5.57. The van der Waals surface area contributed by atoms with Gasteiger partial charge in [-0.25, -0.2) is 4.98 Å². The molecule has 10 nitrogen and oxygen atoms in total. The Bertz CT molecular complexity index is 1120. The van der Waals surface area contributed by atoms with Crippen molar-refractivity contribution in [1.82, 2.24) is 9.97 Å². The number of hydrogen-bond donors (Lipinski definition) is 3. The maximum atomic E-state index is 8.29. The van der Waals surface area contributed by atoms with Crippen LogP contribution in [0.15, 0.2) is 36.5 Å². The summed E-state index contributed by atoms with van der Waals surface area (Å²) in [5.41, 5.74) is 3.60. The average molecular weight is 494 g/mol. The Morgan fingerprint density at radius 3 is 2.12 bits per heavy atom. The minimum Gasteiger partial charge on any atom is -0.493 e. The van der Waals surface area contributed by atoms with Crippen LogP contribution in [0.3, 0.4) is 0 Å². The SMILES string of the molecule is CNc1cc(C)ccc1Nc1nc(Nc2cc(OC)c(OC)c(OC)c2)ncc1Cl.O=S=O. The topological polar surface area (TPSA) is 124 Å². The zero-order valence-corrected chi connectivity index (χ0v) is 20.3. The standard InChI is InChI=1S/C21H24ClN5O3.O2S/c1-12-6-7-15(16(8-12)23-2)26-20-14(22)11-24-21(27-20)25-13-9-17(28-3)19(30-5)18(10-13)29-4;1-3-2/h6-11,23H,1-5H3,(H2,24,25,26,27);. The molecule has 0 fully saturated rings. The van der Waals surface area contributed by atoms with E-state index in [-0.39, 0.29) is 0 Å². The lowest BCUT2D eigenvalue weighted by Gasteiger charge is -2.16. The molecule has 0 aliphatic rings. The van der Waals surface area contributed by atoms with E-state index in [9.17, 15) is 0 Å². The first-order chi connectivity index (χ1) is 15.9. The van der Waals surface area contributed by atoms with Crippen LogP contribution in [0.1, 0.15) is 5.56 Å². The normalized spacial score (nSPS) is 9.76. The molecule has 0 atom stereocenters. The summed E-state index contributed by atoms with van der Waals surface area (Å²) in [7, 11) is 6.53. The van der Waals surface area contributed by atoms with Gasteiger partial charge in [0.2, 0.25) is 11.7 Å². The monoisotopic (exact) mass is 493 g/mol. The number of benzene rings is 2. The molecule has 33 heavy (non-hydrogen) atoms. The van der Waals surface area contributed by atoms with E-state index in [1.54, 1.807) is 33.5 Å². The molecule has 0 amide bonds. The van der Waals surface area contributed by atoms with Gasteiger partial charge < -0.3 is 30.2 Å². The van der Waals surface area contributed by atoms with Crippen LogP contribution in [-0.4, -0.2) is 46.8 Å². The van der Waals surface area contributed by atoms with Gasteiger partial charge in [0.15, 0.2) is 17.3 Å². The second-order valence-electron chi connectivity index (χ2n) is 6.42. The molecule has 1 aromatic heterocycles. The van der Waals surface area contributed by atoms with Crippen LogP contribution in [0.4, 0.5) is 28.8 Å². The van der Waals surface area contributed by atoms with Crippen molar-refractivity contribution in [2.24, 2.45) is 0 Å². The fourth-order valence-corrected chi connectivity index (χ4v) is 3.04.